The maximum Gasteiger partial charge on any atom is 0.271 e. The fourth-order valence-electron chi connectivity index (χ4n) is 3.59. The van der Waals surface area contributed by atoms with Crippen molar-refractivity contribution in [2.75, 3.05) is 30.4 Å². The van der Waals surface area contributed by atoms with Gasteiger partial charge in [0, 0.05) is 31.9 Å². The highest BCUT2D eigenvalue weighted by molar-refractivity contribution is 5.96. The summed E-state index contributed by atoms with van der Waals surface area (Å²) >= 11 is 0. The van der Waals surface area contributed by atoms with Crippen LogP contribution in [-0.2, 0) is 4.79 Å². The van der Waals surface area contributed by atoms with Gasteiger partial charge in [-0.2, -0.15) is 15.0 Å². The van der Waals surface area contributed by atoms with Crippen molar-refractivity contribution < 1.29 is 9.59 Å². The highest BCUT2D eigenvalue weighted by Gasteiger charge is 2.29. The number of carbonyl (C=O) groups excluding carboxylic acids is 2. The fourth-order valence-corrected chi connectivity index (χ4v) is 3.59. The molecular formula is C21H23N9O2. The number of anilines is 3. The number of nitrogens with zero attached hydrogens (tertiary/aromatic N) is 7. The number of benzene rings is 1. The molecule has 3 heterocycles. The molecular weight excluding hydrogens is 410 g/mol. The highest BCUT2D eigenvalue weighted by atomic mass is 16.2. The Labute approximate surface area is 184 Å². The van der Waals surface area contributed by atoms with Gasteiger partial charge in [0.15, 0.2) is 11.5 Å². The summed E-state index contributed by atoms with van der Waals surface area (Å²) in [6.07, 6.45) is 6.79. The summed E-state index contributed by atoms with van der Waals surface area (Å²) < 4.78 is 0. The molecule has 11 nitrogen and oxygen atoms in total. The molecule has 1 aliphatic rings. The molecule has 0 saturated carbocycles. The topological polar surface area (TPSA) is 135 Å². The van der Waals surface area contributed by atoms with E-state index in [1.165, 1.54) is 17.1 Å². The Morgan fingerprint density at radius 3 is 2.81 bits per heavy atom. The SMILES string of the molecule is C=CC(=O)N1CCC(N(C)c2cnc(C(N)=O)c(Nc3cccc(-n4nccn4)c3)n2)C1. The first-order chi connectivity index (χ1) is 15.5. The standard InChI is InChI=1S/C21H23N9O2/c1-3-18(31)29-10-7-16(13-29)28(2)17-12-23-19(20(22)32)21(27-17)26-14-5-4-6-15(11-14)30-24-8-9-25-30/h3-6,8-9,11-12,16H,1,7,10,13H2,2H3,(H2,22,32)(H,26,27). The van der Waals surface area contributed by atoms with Crippen molar-refractivity contribution in [3.8, 4) is 5.69 Å². The molecule has 3 N–H and O–H groups in total. The zero-order valence-electron chi connectivity index (χ0n) is 17.5. The zero-order valence-corrected chi connectivity index (χ0v) is 17.5. The monoisotopic (exact) mass is 433 g/mol. The Hall–Kier alpha value is -4.28. The van der Waals surface area contributed by atoms with Gasteiger partial charge in [-0.05, 0) is 30.7 Å². The van der Waals surface area contributed by atoms with E-state index in [0.29, 0.717) is 24.6 Å². The number of nitrogens with two attached hydrogens (primary N) is 1. The number of hydrogen-bond acceptors (Lipinski definition) is 8. The Bertz CT molecular complexity index is 1150. The second-order valence-electron chi connectivity index (χ2n) is 7.33. The molecule has 2 amide bonds. The smallest absolute Gasteiger partial charge is 0.271 e. The van der Waals surface area contributed by atoms with Gasteiger partial charge in [0.25, 0.3) is 5.91 Å². The Morgan fingerprint density at radius 1 is 1.31 bits per heavy atom. The van der Waals surface area contributed by atoms with Crippen LogP contribution in [0.2, 0.25) is 0 Å². The summed E-state index contributed by atoms with van der Waals surface area (Å²) in [5.41, 5.74) is 6.95. The van der Waals surface area contributed by atoms with Gasteiger partial charge in [-0.25, -0.2) is 9.97 Å². The Morgan fingerprint density at radius 2 is 2.09 bits per heavy atom. The molecule has 32 heavy (non-hydrogen) atoms. The molecule has 1 unspecified atom stereocenters. The molecule has 0 bridgehead atoms. The van der Waals surface area contributed by atoms with E-state index in [1.54, 1.807) is 17.3 Å². The largest absolute Gasteiger partial charge is 0.364 e. The van der Waals surface area contributed by atoms with Crippen molar-refractivity contribution >= 4 is 29.1 Å². The van der Waals surface area contributed by atoms with Gasteiger partial charge in [-0.1, -0.05) is 12.6 Å². The molecule has 3 aromatic rings. The van der Waals surface area contributed by atoms with E-state index in [-0.39, 0.29) is 23.5 Å². The summed E-state index contributed by atoms with van der Waals surface area (Å²) in [4.78, 5) is 37.9. The van der Waals surface area contributed by atoms with Crippen LogP contribution in [0.4, 0.5) is 17.3 Å². The van der Waals surface area contributed by atoms with Gasteiger partial charge >= 0.3 is 0 Å². The minimum atomic E-state index is -0.692. The first kappa shape index (κ1) is 21.0. The predicted molar refractivity (Wildman–Crippen MR) is 119 cm³/mol. The van der Waals surface area contributed by atoms with Gasteiger partial charge in [0.2, 0.25) is 5.91 Å². The molecule has 0 spiro atoms. The molecule has 4 rings (SSSR count). The normalized spacial score (nSPS) is 15.4. The van der Waals surface area contributed by atoms with Crippen molar-refractivity contribution in [1.82, 2.24) is 29.9 Å². The third-order valence-electron chi connectivity index (χ3n) is 5.31. The number of aromatic nitrogens is 5. The van der Waals surface area contributed by atoms with E-state index in [9.17, 15) is 9.59 Å². The quantitative estimate of drug-likeness (QED) is 0.529. The van der Waals surface area contributed by atoms with Crippen molar-refractivity contribution in [2.45, 2.75) is 12.5 Å². The number of rotatable bonds is 7. The van der Waals surface area contributed by atoms with Crippen LogP contribution in [0.25, 0.3) is 5.69 Å². The van der Waals surface area contributed by atoms with Crippen LogP contribution in [-0.4, -0.2) is 67.9 Å². The van der Waals surface area contributed by atoms with Crippen LogP contribution in [0.5, 0.6) is 0 Å². The number of carbonyl (C=O) groups is 2. The van der Waals surface area contributed by atoms with Gasteiger partial charge in [0.1, 0.15) is 5.82 Å². The van der Waals surface area contributed by atoms with Crippen molar-refractivity contribution in [3.63, 3.8) is 0 Å². The molecule has 164 valence electrons. The van der Waals surface area contributed by atoms with Gasteiger partial charge in [-0.3, -0.25) is 9.59 Å². The van der Waals surface area contributed by atoms with Crippen LogP contribution in [0.3, 0.4) is 0 Å². The average molecular weight is 433 g/mol. The van der Waals surface area contributed by atoms with E-state index in [0.717, 1.165) is 12.1 Å². The number of likely N-dealkylation sites (N-methyl/N-ethyl adjacent to an activating group) is 1. The second-order valence-corrected chi connectivity index (χ2v) is 7.33. The number of likely N-dealkylation sites (tertiary alicyclic amines) is 1. The van der Waals surface area contributed by atoms with Crippen molar-refractivity contribution in [2.24, 2.45) is 5.73 Å². The number of nitrogens with one attached hydrogen (secondary N) is 1. The van der Waals surface area contributed by atoms with E-state index in [2.05, 4.69) is 32.1 Å². The van der Waals surface area contributed by atoms with Crippen molar-refractivity contribution in [1.29, 1.82) is 0 Å². The first-order valence-electron chi connectivity index (χ1n) is 10.0. The summed E-state index contributed by atoms with van der Waals surface area (Å²) in [5, 5.41) is 11.4. The Kier molecular flexibility index (Phi) is 5.79. The van der Waals surface area contributed by atoms with E-state index in [4.69, 9.17) is 5.73 Å². The molecule has 1 saturated heterocycles. The summed E-state index contributed by atoms with van der Waals surface area (Å²) in [6, 6.07) is 7.39. The summed E-state index contributed by atoms with van der Waals surface area (Å²) in [7, 11) is 1.88. The van der Waals surface area contributed by atoms with Gasteiger partial charge < -0.3 is 20.9 Å². The molecule has 1 aliphatic heterocycles. The van der Waals surface area contributed by atoms with Crippen LogP contribution < -0.4 is 16.0 Å². The zero-order chi connectivity index (χ0) is 22.7. The van der Waals surface area contributed by atoms with E-state index >= 15 is 0 Å². The third kappa shape index (κ3) is 4.26. The molecule has 1 atom stereocenters. The van der Waals surface area contributed by atoms with Crippen LogP contribution >= 0.6 is 0 Å². The lowest BCUT2D eigenvalue weighted by Crippen LogP contribution is -2.36. The van der Waals surface area contributed by atoms with Crippen molar-refractivity contribution in [3.05, 3.63) is 61.2 Å². The third-order valence-corrected chi connectivity index (χ3v) is 5.31. The number of amides is 2. The minimum absolute atomic E-state index is 0.0275. The molecule has 0 aliphatic carbocycles. The minimum Gasteiger partial charge on any atom is -0.364 e. The predicted octanol–water partition coefficient (Wildman–Crippen LogP) is 1.12. The van der Waals surface area contributed by atoms with Crippen LogP contribution in [0.1, 0.15) is 16.9 Å². The maximum atomic E-state index is 11.9. The van der Waals surface area contributed by atoms with Crippen LogP contribution in [0, 0.1) is 0 Å². The number of hydrogen-bond donors (Lipinski definition) is 2. The van der Waals surface area contributed by atoms with E-state index in [1.807, 2.05) is 36.2 Å². The number of primary amides is 1. The summed E-state index contributed by atoms with van der Waals surface area (Å²) in [5.74, 6) is 0.0115. The van der Waals surface area contributed by atoms with Gasteiger partial charge in [-0.15, -0.1) is 0 Å². The molecule has 11 heteroatoms. The molecule has 1 aromatic carbocycles. The molecule has 1 fully saturated rings. The highest BCUT2D eigenvalue weighted by Crippen LogP contribution is 2.25. The van der Waals surface area contributed by atoms with Gasteiger partial charge in [0.05, 0.1) is 24.3 Å². The molecule has 2 aromatic heterocycles. The first-order valence-corrected chi connectivity index (χ1v) is 10.0. The maximum absolute atomic E-state index is 11.9. The van der Waals surface area contributed by atoms with E-state index < -0.39 is 5.91 Å². The Balaban J connectivity index is 1.59. The fraction of sp³-hybridized carbons (Fsp3) is 0.238. The lowest BCUT2D eigenvalue weighted by Gasteiger charge is -2.26. The second kappa shape index (κ2) is 8.84. The lowest BCUT2D eigenvalue weighted by molar-refractivity contribution is -0.125. The summed E-state index contributed by atoms with van der Waals surface area (Å²) in [6.45, 7) is 4.75. The molecule has 0 radical (unpaired) electrons. The lowest BCUT2D eigenvalue weighted by atomic mass is 10.2. The van der Waals surface area contributed by atoms with Crippen LogP contribution in [0.15, 0.2) is 55.5 Å². The average Bonchev–Trinajstić information content (AvgIpc) is 3.50.